The topological polar surface area (TPSA) is 86.8 Å². The first kappa shape index (κ1) is 29.3. The number of amides is 2. The van der Waals surface area contributed by atoms with Gasteiger partial charge in [0, 0.05) is 25.0 Å². The first-order valence-corrected chi connectivity index (χ1v) is 14.0. The number of benzene rings is 2. The zero-order valence-electron chi connectivity index (χ0n) is 22.0. The molecule has 0 saturated carbocycles. The lowest BCUT2D eigenvalue weighted by molar-refractivity contribution is -0.142. The van der Waals surface area contributed by atoms with Gasteiger partial charge >= 0.3 is 0 Å². The lowest BCUT2D eigenvalue weighted by atomic mass is 10.0. The number of nitrogens with one attached hydrogen (secondary N) is 1. The third-order valence-corrected chi connectivity index (χ3v) is 6.87. The Morgan fingerprint density at radius 2 is 1.67 bits per heavy atom. The number of nitrogens with zero attached hydrogens (tertiary/aromatic N) is 2. The molecule has 2 amide bonds. The minimum Gasteiger partial charge on any atom is -0.350 e. The molecular weight excluding hydrogens is 481 g/mol. The van der Waals surface area contributed by atoms with E-state index in [0.29, 0.717) is 17.7 Å². The summed E-state index contributed by atoms with van der Waals surface area (Å²) in [4.78, 5) is 28.0. The van der Waals surface area contributed by atoms with Crippen LogP contribution in [0.15, 0.2) is 48.5 Å². The summed E-state index contributed by atoms with van der Waals surface area (Å²) in [7, 11) is -3.56. The largest absolute Gasteiger partial charge is 0.350 e. The van der Waals surface area contributed by atoms with E-state index in [1.165, 1.54) is 21.3 Å². The van der Waals surface area contributed by atoms with Gasteiger partial charge in [0.1, 0.15) is 11.9 Å². The van der Waals surface area contributed by atoms with Gasteiger partial charge in [-0.25, -0.2) is 12.8 Å². The first-order valence-electron chi connectivity index (χ1n) is 12.1. The molecule has 0 aliphatic carbocycles. The van der Waals surface area contributed by atoms with Gasteiger partial charge in [-0.3, -0.25) is 13.9 Å². The molecule has 198 valence electrons. The fourth-order valence-corrected chi connectivity index (χ4v) is 5.01. The van der Waals surface area contributed by atoms with Gasteiger partial charge in [0.2, 0.25) is 21.8 Å². The average molecular weight is 520 g/mol. The number of anilines is 1. The molecule has 1 unspecified atom stereocenters. The van der Waals surface area contributed by atoms with Gasteiger partial charge in [0.15, 0.2) is 0 Å². The van der Waals surface area contributed by atoms with Gasteiger partial charge in [-0.2, -0.15) is 0 Å². The van der Waals surface area contributed by atoms with Crippen molar-refractivity contribution in [3.8, 4) is 0 Å². The van der Waals surface area contributed by atoms with Gasteiger partial charge < -0.3 is 10.2 Å². The highest BCUT2D eigenvalue weighted by atomic mass is 32.2. The van der Waals surface area contributed by atoms with Crippen molar-refractivity contribution in [2.24, 2.45) is 0 Å². The maximum atomic E-state index is 13.4. The second-order valence-corrected chi connectivity index (χ2v) is 11.9. The maximum absolute atomic E-state index is 13.4. The van der Waals surface area contributed by atoms with Gasteiger partial charge in [-0.05, 0) is 69.9 Å². The molecule has 2 rings (SSSR count). The Kier molecular flexibility index (Phi) is 10.0. The number of aryl methyl sites for hydroxylation is 1. The van der Waals surface area contributed by atoms with Crippen molar-refractivity contribution in [2.75, 3.05) is 17.1 Å². The Balaban J connectivity index is 2.24. The quantitative estimate of drug-likeness (QED) is 0.477. The molecule has 0 bridgehead atoms. The van der Waals surface area contributed by atoms with Crippen LogP contribution in [0.25, 0.3) is 0 Å². The Morgan fingerprint density at radius 1 is 1.06 bits per heavy atom. The van der Waals surface area contributed by atoms with Crippen LogP contribution in [-0.2, 0) is 26.2 Å². The fraction of sp³-hybridized carbons (Fsp3) is 0.481. The molecule has 0 saturated heterocycles. The van der Waals surface area contributed by atoms with E-state index < -0.39 is 21.6 Å². The summed E-state index contributed by atoms with van der Waals surface area (Å²) < 4.78 is 39.7. The van der Waals surface area contributed by atoms with Gasteiger partial charge in [0.25, 0.3) is 0 Å². The fourth-order valence-electron chi connectivity index (χ4n) is 3.98. The van der Waals surface area contributed by atoms with Gasteiger partial charge in [-0.1, -0.05) is 37.3 Å². The van der Waals surface area contributed by atoms with E-state index in [0.717, 1.165) is 11.8 Å². The van der Waals surface area contributed by atoms with Gasteiger partial charge in [0.05, 0.1) is 11.9 Å². The van der Waals surface area contributed by atoms with Crippen molar-refractivity contribution in [1.29, 1.82) is 0 Å². The number of hydrogen-bond donors (Lipinski definition) is 1. The predicted octanol–water partition coefficient (Wildman–Crippen LogP) is 4.40. The molecule has 0 aromatic heterocycles. The summed E-state index contributed by atoms with van der Waals surface area (Å²) in [6.45, 7) is 9.55. The van der Waals surface area contributed by atoms with E-state index in [2.05, 4.69) is 5.32 Å². The second kappa shape index (κ2) is 12.3. The number of carbonyl (C=O) groups excluding carboxylic acids is 2. The molecule has 1 N–H and O–H groups in total. The number of rotatable bonds is 11. The molecular formula is C27H38FN3O4S. The highest BCUT2D eigenvalue weighted by Crippen LogP contribution is 2.23. The summed E-state index contributed by atoms with van der Waals surface area (Å²) in [5.74, 6) is -0.919. The first-order chi connectivity index (χ1) is 16.7. The van der Waals surface area contributed by atoms with Gasteiger partial charge in [-0.15, -0.1) is 0 Å². The summed E-state index contributed by atoms with van der Waals surface area (Å²) in [6, 6.07) is 12.3. The molecule has 1 atom stereocenters. The van der Waals surface area contributed by atoms with Crippen LogP contribution in [0.2, 0.25) is 0 Å². The van der Waals surface area contributed by atoms with Crippen LogP contribution < -0.4 is 9.62 Å². The van der Waals surface area contributed by atoms with Crippen molar-refractivity contribution >= 4 is 27.5 Å². The summed E-state index contributed by atoms with van der Waals surface area (Å²) in [5.41, 5.74) is 1.62. The molecule has 0 radical (unpaired) electrons. The molecule has 0 aliphatic heterocycles. The Bertz CT molecular complexity index is 1140. The summed E-state index contributed by atoms with van der Waals surface area (Å²) >= 11 is 0. The van der Waals surface area contributed by atoms with Crippen molar-refractivity contribution in [3.63, 3.8) is 0 Å². The summed E-state index contributed by atoms with van der Waals surface area (Å²) in [6.07, 6.45) is 1.87. The Hall–Kier alpha value is -2.94. The molecule has 0 aliphatic rings. The smallest absolute Gasteiger partial charge is 0.243 e. The van der Waals surface area contributed by atoms with E-state index in [4.69, 9.17) is 0 Å². The summed E-state index contributed by atoms with van der Waals surface area (Å²) in [5, 5.41) is 2.94. The maximum Gasteiger partial charge on any atom is 0.243 e. The number of sulfonamides is 1. The number of carbonyl (C=O) groups is 2. The molecule has 7 nitrogen and oxygen atoms in total. The zero-order valence-corrected chi connectivity index (χ0v) is 22.9. The van der Waals surface area contributed by atoms with Crippen LogP contribution in [0.4, 0.5) is 10.1 Å². The number of halogens is 1. The van der Waals surface area contributed by atoms with E-state index in [-0.39, 0.29) is 43.6 Å². The molecule has 36 heavy (non-hydrogen) atoms. The highest BCUT2D eigenvalue weighted by molar-refractivity contribution is 7.92. The van der Waals surface area contributed by atoms with E-state index in [1.807, 2.05) is 46.8 Å². The number of para-hydroxylation sites is 1. The van der Waals surface area contributed by atoms with E-state index >= 15 is 0 Å². The van der Waals surface area contributed by atoms with Crippen molar-refractivity contribution in [2.45, 2.75) is 72.0 Å². The second-order valence-electron chi connectivity index (χ2n) is 10.0. The predicted molar refractivity (Wildman–Crippen MR) is 142 cm³/mol. The molecule has 0 fully saturated rings. The molecule has 9 heteroatoms. The van der Waals surface area contributed by atoms with E-state index in [1.54, 1.807) is 24.3 Å². The number of hydrogen-bond acceptors (Lipinski definition) is 4. The zero-order chi connectivity index (χ0) is 27.1. The third-order valence-electron chi connectivity index (χ3n) is 5.69. The molecule has 2 aromatic carbocycles. The van der Waals surface area contributed by atoms with Crippen LogP contribution in [0, 0.1) is 12.7 Å². The van der Waals surface area contributed by atoms with Crippen LogP contribution >= 0.6 is 0 Å². The minimum absolute atomic E-state index is 0.0540. The Morgan fingerprint density at radius 3 is 2.19 bits per heavy atom. The Labute approximate surface area is 214 Å². The standard InChI is InChI=1S/C27H38FN3O4S/c1-7-23(26(33)29-27(3,4)5)30(19-21-14-16-22(28)17-15-21)25(32)13-10-18-31(36(6,34)35)24-12-9-8-11-20(24)2/h8-9,11-12,14-17,23H,7,10,13,18-19H2,1-6H3,(H,29,33). The third kappa shape index (κ3) is 8.62. The minimum atomic E-state index is -3.56. The van der Waals surface area contributed by atoms with E-state index in [9.17, 15) is 22.4 Å². The van der Waals surface area contributed by atoms with Crippen LogP contribution in [0.5, 0.6) is 0 Å². The highest BCUT2D eigenvalue weighted by Gasteiger charge is 2.30. The molecule has 0 spiro atoms. The van der Waals surface area contributed by atoms with Crippen LogP contribution in [0.1, 0.15) is 58.1 Å². The average Bonchev–Trinajstić information content (AvgIpc) is 2.76. The SMILES string of the molecule is CCC(C(=O)NC(C)(C)C)N(Cc1ccc(F)cc1)C(=O)CCCN(c1ccccc1C)S(C)(=O)=O. The molecule has 2 aromatic rings. The normalized spacial score (nSPS) is 12.6. The van der Waals surface area contributed by atoms with Crippen molar-refractivity contribution < 1.29 is 22.4 Å². The molecule has 0 heterocycles. The van der Waals surface area contributed by atoms with Crippen LogP contribution in [-0.4, -0.2) is 49.5 Å². The van der Waals surface area contributed by atoms with Crippen LogP contribution in [0.3, 0.4) is 0 Å². The van der Waals surface area contributed by atoms with Crippen molar-refractivity contribution in [1.82, 2.24) is 10.2 Å². The monoisotopic (exact) mass is 519 g/mol. The lowest BCUT2D eigenvalue weighted by Crippen LogP contribution is -2.53. The van der Waals surface area contributed by atoms with Crippen molar-refractivity contribution in [3.05, 3.63) is 65.5 Å². The lowest BCUT2D eigenvalue weighted by Gasteiger charge is -2.33.